The van der Waals surface area contributed by atoms with Crippen LogP contribution in [0.2, 0.25) is 5.02 Å². The molecule has 0 spiro atoms. The van der Waals surface area contributed by atoms with Crippen LogP contribution in [0.4, 0.5) is 26.3 Å². The topological polar surface area (TPSA) is 68.5 Å². The fraction of sp³-hybridized carbons (Fsp3) is 0.182. The van der Waals surface area contributed by atoms with Crippen LogP contribution in [-0.4, -0.2) is 28.0 Å². The van der Waals surface area contributed by atoms with Gasteiger partial charge in [0.1, 0.15) is 12.4 Å². The fourth-order valence-electron chi connectivity index (χ4n) is 3.66. The molecule has 0 bridgehead atoms. The van der Waals surface area contributed by atoms with E-state index in [4.69, 9.17) is 11.6 Å². The quantitative estimate of drug-likeness (QED) is 0.162. The lowest BCUT2D eigenvalue weighted by molar-refractivity contribution is -0.146. The largest absolute Gasteiger partial charge is 0.507 e. The van der Waals surface area contributed by atoms with Crippen molar-refractivity contribution < 1.29 is 45.8 Å². The maximum Gasteiger partial charge on any atom is 0.416 e. The van der Waals surface area contributed by atoms with Crippen LogP contribution in [0.3, 0.4) is 0 Å². The van der Waals surface area contributed by atoms with Gasteiger partial charge in [-0.1, -0.05) is 17.7 Å². The number of nitrogens with zero attached hydrogens (tertiary/aromatic N) is 1. The van der Waals surface area contributed by atoms with Crippen molar-refractivity contribution in [1.29, 1.82) is 0 Å². The molecule has 1 saturated heterocycles. The van der Waals surface area contributed by atoms with Crippen LogP contribution in [0, 0.1) is 0 Å². The van der Waals surface area contributed by atoms with Crippen molar-refractivity contribution in [2.75, 3.05) is 6.61 Å². The van der Waals surface area contributed by atoms with Crippen LogP contribution in [0.1, 0.15) is 22.3 Å². The maximum atomic E-state index is 13.6. The molecule has 1 aliphatic rings. The van der Waals surface area contributed by atoms with Crippen LogP contribution >= 0.6 is 11.6 Å². The van der Waals surface area contributed by atoms with Gasteiger partial charge >= 0.3 is 18.3 Å². The Kier molecular flexibility index (Phi) is 5.63. The second-order valence-electron chi connectivity index (χ2n) is 7.43. The highest BCUT2D eigenvalue weighted by Gasteiger charge is 2.38. The first-order valence-electron chi connectivity index (χ1n) is 9.47. The molecule has 0 amide bonds. The Labute approximate surface area is 191 Å². The Bertz CT molecular complexity index is 1370. The number of cyclic esters (lactones) is 1. The summed E-state index contributed by atoms with van der Waals surface area (Å²) in [7, 11) is 0. The zero-order valence-electron chi connectivity index (χ0n) is 16.7. The molecule has 0 atom stereocenters. The lowest BCUT2D eigenvalue weighted by Crippen LogP contribution is -2.15. The number of fused-ring (bicyclic) bond motifs is 1. The number of aliphatic hydroxyl groups is 1. The number of ether oxygens (including phenoxy) is 1. The third-order valence-electron chi connectivity index (χ3n) is 5.27. The normalized spacial score (nSPS) is 16.3. The van der Waals surface area contributed by atoms with Crippen LogP contribution in [-0.2, 0) is 33.2 Å². The Hall–Kier alpha value is -3.47. The van der Waals surface area contributed by atoms with Crippen molar-refractivity contribution in [3.8, 4) is 0 Å². The number of carbonyl (C=O) groups excluding carboxylic acids is 2. The van der Waals surface area contributed by atoms with Crippen molar-refractivity contribution in [2.24, 2.45) is 0 Å². The minimum atomic E-state index is -5.07. The molecule has 1 aromatic heterocycles. The first-order chi connectivity index (χ1) is 15.8. The van der Waals surface area contributed by atoms with Crippen LogP contribution in [0.5, 0.6) is 0 Å². The summed E-state index contributed by atoms with van der Waals surface area (Å²) >= 11 is 6.01. The zero-order valence-corrected chi connectivity index (χ0v) is 17.5. The van der Waals surface area contributed by atoms with Crippen molar-refractivity contribution in [2.45, 2.75) is 18.9 Å². The Morgan fingerprint density at radius 1 is 1.03 bits per heavy atom. The van der Waals surface area contributed by atoms with Crippen molar-refractivity contribution in [3.05, 3.63) is 75.4 Å². The second kappa shape index (κ2) is 8.08. The third-order valence-corrected chi connectivity index (χ3v) is 5.51. The van der Waals surface area contributed by atoms with Crippen molar-refractivity contribution in [1.82, 2.24) is 4.57 Å². The first-order valence-corrected chi connectivity index (χ1v) is 9.85. The lowest BCUT2D eigenvalue weighted by atomic mass is 10.0. The molecular formula is C22H12ClF6NO4. The van der Waals surface area contributed by atoms with E-state index in [9.17, 15) is 41.0 Å². The Morgan fingerprint density at radius 2 is 1.74 bits per heavy atom. The minimum absolute atomic E-state index is 0.0142. The molecular weight excluding hydrogens is 492 g/mol. The number of Topliss-reactive ketones (excluding diaryl/α,β-unsaturated/α-hetero) is 1. The average Bonchev–Trinajstić information content (AvgIpc) is 3.26. The van der Waals surface area contributed by atoms with Crippen LogP contribution in [0.15, 0.2) is 48.2 Å². The van der Waals surface area contributed by atoms with Crippen LogP contribution in [0.25, 0.3) is 16.7 Å². The molecule has 1 N–H and O–H groups in total. The van der Waals surface area contributed by atoms with E-state index >= 15 is 0 Å². The molecule has 12 heteroatoms. The summed E-state index contributed by atoms with van der Waals surface area (Å²) in [6.45, 7) is -1.01. The molecule has 34 heavy (non-hydrogen) atoms. The van der Waals surface area contributed by atoms with Gasteiger partial charge in [0.2, 0.25) is 0 Å². The Morgan fingerprint density at radius 3 is 2.32 bits per heavy atom. The number of aliphatic hydroxyl groups excluding tert-OH is 1. The molecule has 178 valence electrons. The number of rotatable bonds is 3. The van der Waals surface area contributed by atoms with Gasteiger partial charge in [-0.25, -0.2) is 4.79 Å². The average molecular weight is 504 g/mol. The number of benzene rings is 2. The fourth-order valence-corrected chi connectivity index (χ4v) is 3.83. The number of aromatic nitrogens is 1. The third kappa shape index (κ3) is 4.23. The highest BCUT2D eigenvalue weighted by atomic mass is 35.5. The van der Waals surface area contributed by atoms with Gasteiger partial charge in [-0.2, -0.15) is 26.3 Å². The van der Waals surface area contributed by atoms with Gasteiger partial charge in [-0.3, -0.25) is 4.79 Å². The van der Waals surface area contributed by atoms with Crippen LogP contribution < -0.4 is 0 Å². The number of esters is 1. The molecule has 2 aromatic carbocycles. The van der Waals surface area contributed by atoms with E-state index in [0.717, 1.165) is 6.07 Å². The molecule has 3 aromatic rings. The number of alkyl halides is 6. The van der Waals surface area contributed by atoms with Gasteiger partial charge < -0.3 is 14.4 Å². The molecule has 0 aliphatic carbocycles. The predicted molar refractivity (Wildman–Crippen MR) is 108 cm³/mol. The Balaban J connectivity index is 1.87. The number of ketones is 1. The minimum Gasteiger partial charge on any atom is -0.507 e. The van der Waals surface area contributed by atoms with E-state index in [0.29, 0.717) is 6.07 Å². The summed E-state index contributed by atoms with van der Waals surface area (Å²) in [6.07, 6.45) is -8.81. The molecule has 5 nitrogen and oxygen atoms in total. The zero-order chi connectivity index (χ0) is 25.0. The molecule has 1 aliphatic heterocycles. The molecule has 0 saturated carbocycles. The summed E-state index contributed by atoms with van der Waals surface area (Å²) < 4.78 is 85.5. The van der Waals surface area contributed by atoms with E-state index in [1.165, 1.54) is 29.0 Å². The standard InChI is InChI=1S/C22H12ClF6NO4/c23-12-3-4-17-13(6-12)14(18(31)15-9-34-20(33)19(15)32)8-30(17)7-10-1-2-11(21(24,25)26)5-16(10)22(27,28)29/h1-6,8,31H,7,9H2. The molecule has 1 fully saturated rings. The number of halogens is 7. The molecule has 4 rings (SSSR count). The van der Waals surface area contributed by atoms with Gasteiger partial charge in [0, 0.05) is 34.2 Å². The number of hydrogen-bond acceptors (Lipinski definition) is 4. The summed E-state index contributed by atoms with van der Waals surface area (Å²) in [4.78, 5) is 23.3. The van der Waals surface area contributed by atoms with Gasteiger partial charge in [0.15, 0.2) is 0 Å². The van der Waals surface area contributed by atoms with E-state index in [2.05, 4.69) is 4.74 Å². The molecule has 2 heterocycles. The molecule has 0 unspecified atom stereocenters. The van der Waals surface area contributed by atoms with Gasteiger partial charge in [0.25, 0.3) is 5.78 Å². The first kappa shape index (κ1) is 23.7. The summed E-state index contributed by atoms with van der Waals surface area (Å²) in [6, 6.07) is 5.58. The smallest absolute Gasteiger partial charge is 0.416 e. The summed E-state index contributed by atoms with van der Waals surface area (Å²) in [5.74, 6) is -2.85. The van der Waals surface area contributed by atoms with E-state index in [-0.39, 0.29) is 33.1 Å². The van der Waals surface area contributed by atoms with Gasteiger partial charge in [-0.15, -0.1) is 0 Å². The maximum absolute atomic E-state index is 13.6. The lowest BCUT2D eigenvalue weighted by Gasteiger charge is -2.17. The highest BCUT2D eigenvalue weighted by molar-refractivity contribution is 6.43. The van der Waals surface area contributed by atoms with Gasteiger partial charge in [0.05, 0.1) is 16.7 Å². The highest BCUT2D eigenvalue weighted by Crippen LogP contribution is 2.38. The van der Waals surface area contributed by atoms with Crippen molar-refractivity contribution >= 4 is 40.0 Å². The van der Waals surface area contributed by atoms with E-state index in [1.807, 2.05) is 0 Å². The van der Waals surface area contributed by atoms with Gasteiger partial charge in [-0.05, 0) is 35.9 Å². The predicted octanol–water partition coefficient (Wildman–Crippen LogP) is 5.78. The monoisotopic (exact) mass is 503 g/mol. The summed E-state index contributed by atoms with van der Waals surface area (Å²) in [5, 5.41) is 11.1. The number of hydrogen-bond donors (Lipinski definition) is 1. The molecule has 0 radical (unpaired) electrons. The van der Waals surface area contributed by atoms with Crippen molar-refractivity contribution in [3.63, 3.8) is 0 Å². The summed E-state index contributed by atoms with van der Waals surface area (Å²) in [5.41, 5.74) is -3.44. The van der Waals surface area contributed by atoms with E-state index in [1.54, 1.807) is 0 Å². The van der Waals surface area contributed by atoms with E-state index < -0.39 is 59.7 Å². The SMILES string of the molecule is O=C1OCC(=C(O)c2cn(Cc3ccc(C(F)(F)F)cc3C(F)(F)F)c3ccc(Cl)cc23)C1=O. The number of carbonyl (C=O) groups is 2. The second-order valence-corrected chi connectivity index (χ2v) is 7.87.